The molecule has 32 heavy (non-hydrogen) atoms. The highest BCUT2D eigenvalue weighted by Crippen LogP contribution is 2.58. The first-order valence-corrected chi connectivity index (χ1v) is 12.0. The Hall–Kier alpha value is -1.82. The Kier molecular flexibility index (Phi) is 7.43. The smallest absolute Gasteiger partial charge is 0.463 e. The Morgan fingerprint density at radius 1 is 1.44 bits per heavy atom. The van der Waals surface area contributed by atoms with E-state index in [0.717, 1.165) is 4.57 Å². The molecular formula is C19H30N3O9P. The van der Waals surface area contributed by atoms with E-state index >= 15 is 0 Å². The number of phosphoric ester groups is 1. The van der Waals surface area contributed by atoms with Crippen molar-refractivity contribution in [2.24, 2.45) is 11.7 Å². The van der Waals surface area contributed by atoms with Gasteiger partial charge in [0, 0.05) is 12.3 Å². The highest BCUT2D eigenvalue weighted by atomic mass is 31.2. The van der Waals surface area contributed by atoms with Gasteiger partial charge in [-0.3, -0.25) is 32.7 Å². The molecule has 180 valence electrons. The van der Waals surface area contributed by atoms with Gasteiger partial charge in [-0.25, -0.2) is 9.36 Å². The second kappa shape index (κ2) is 9.58. The Labute approximate surface area is 184 Å². The second-order valence-corrected chi connectivity index (χ2v) is 10.0. The number of carbonyl (C=O) groups is 1. The van der Waals surface area contributed by atoms with Gasteiger partial charge < -0.3 is 15.2 Å². The molecule has 1 aromatic heterocycles. The van der Waals surface area contributed by atoms with Crippen molar-refractivity contribution < 1.29 is 32.4 Å². The molecule has 6 atom stereocenters. The molecule has 3 rings (SSSR count). The van der Waals surface area contributed by atoms with Crippen molar-refractivity contribution in [3.63, 3.8) is 0 Å². The van der Waals surface area contributed by atoms with E-state index in [1.807, 2.05) is 6.92 Å². The van der Waals surface area contributed by atoms with E-state index in [4.69, 9.17) is 28.8 Å². The molecule has 1 aromatic rings. The number of nitrogens with zero attached hydrogens (tertiary/aromatic N) is 1. The summed E-state index contributed by atoms with van der Waals surface area (Å²) in [6.07, 6.45) is -0.749. The van der Waals surface area contributed by atoms with Crippen LogP contribution in [0.15, 0.2) is 21.9 Å². The zero-order valence-corrected chi connectivity index (χ0v) is 19.4. The number of phosphoric acid groups is 1. The number of ether oxygens (including phenoxy) is 2. The van der Waals surface area contributed by atoms with Gasteiger partial charge in [0.15, 0.2) is 6.23 Å². The summed E-state index contributed by atoms with van der Waals surface area (Å²) in [5, 5.41) is 0. The standard InChI is InChI=1S/C19H30N3O9P/c1-5-12(16(24)29-11(2)3)7-9-27-32(26)28-10-13-15(31-32)19(4,20)17(30-13)22-8-6-14(23)21-18(22)25/h6,8,11-13,15,17H,5,7,9-10,20H2,1-4H3,(H,21,23,25)/t12?,13-,15-,17-,19-,32+/m1/s1. The minimum Gasteiger partial charge on any atom is -0.463 e. The van der Waals surface area contributed by atoms with Gasteiger partial charge >= 0.3 is 19.5 Å². The van der Waals surface area contributed by atoms with Crippen LogP contribution in [-0.2, 0) is 32.4 Å². The van der Waals surface area contributed by atoms with E-state index in [1.165, 1.54) is 12.3 Å². The minimum absolute atomic E-state index is 0.0503. The summed E-state index contributed by atoms with van der Waals surface area (Å²) in [6.45, 7) is 6.79. The third-order valence-corrected chi connectivity index (χ3v) is 6.87. The zero-order valence-electron chi connectivity index (χ0n) is 18.5. The molecule has 2 aliphatic rings. The predicted molar refractivity (Wildman–Crippen MR) is 112 cm³/mol. The lowest BCUT2D eigenvalue weighted by atomic mass is 9.93. The summed E-state index contributed by atoms with van der Waals surface area (Å²) in [7, 11) is -3.98. The topological polar surface area (TPSA) is 161 Å². The maximum Gasteiger partial charge on any atom is 0.475 e. The van der Waals surface area contributed by atoms with Crippen molar-refractivity contribution in [2.75, 3.05) is 13.2 Å². The van der Waals surface area contributed by atoms with E-state index in [0.29, 0.717) is 6.42 Å². The SMILES string of the molecule is CCC(CCO[P@@]1(=O)OC[C@H]2O[C@@H](n3ccc(=O)[nH]c3=O)[C@](C)(N)[C@@H]2O1)C(=O)OC(C)C. The number of aromatic amines is 1. The Morgan fingerprint density at radius 3 is 2.78 bits per heavy atom. The predicted octanol–water partition coefficient (Wildman–Crippen LogP) is 1.06. The minimum atomic E-state index is -3.98. The Balaban J connectivity index is 1.66. The van der Waals surface area contributed by atoms with Crippen molar-refractivity contribution in [1.82, 2.24) is 9.55 Å². The first-order chi connectivity index (χ1) is 15.0. The highest BCUT2D eigenvalue weighted by Gasteiger charge is 2.59. The van der Waals surface area contributed by atoms with Gasteiger partial charge in [-0.1, -0.05) is 6.92 Å². The fourth-order valence-electron chi connectivity index (χ4n) is 3.74. The molecule has 0 spiro atoms. The summed E-state index contributed by atoms with van der Waals surface area (Å²) in [4.78, 5) is 37.8. The van der Waals surface area contributed by atoms with Gasteiger partial charge in [0.2, 0.25) is 0 Å². The van der Waals surface area contributed by atoms with E-state index in [1.54, 1.807) is 20.8 Å². The summed E-state index contributed by atoms with van der Waals surface area (Å²) in [5.74, 6) is -0.754. The van der Waals surface area contributed by atoms with Crippen LogP contribution in [0.4, 0.5) is 0 Å². The maximum atomic E-state index is 13.0. The van der Waals surface area contributed by atoms with E-state index in [9.17, 15) is 18.9 Å². The molecule has 0 aliphatic carbocycles. The van der Waals surface area contributed by atoms with Gasteiger partial charge in [0.05, 0.1) is 30.8 Å². The molecule has 1 unspecified atom stereocenters. The van der Waals surface area contributed by atoms with Crippen molar-refractivity contribution in [3.8, 4) is 0 Å². The largest absolute Gasteiger partial charge is 0.475 e. The van der Waals surface area contributed by atoms with Crippen molar-refractivity contribution >= 4 is 13.8 Å². The number of aromatic nitrogens is 2. The number of hydrogen-bond acceptors (Lipinski definition) is 10. The molecular weight excluding hydrogens is 445 g/mol. The van der Waals surface area contributed by atoms with Crippen LogP contribution < -0.4 is 17.0 Å². The fraction of sp³-hybridized carbons (Fsp3) is 0.737. The van der Waals surface area contributed by atoms with Gasteiger partial charge in [0.25, 0.3) is 5.56 Å². The maximum absolute atomic E-state index is 13.0. The van der Waals surface area contributed by atoms with Crippen LogP contribution in [-0.4, -0.2) is 52.6 Å². The van der Waals surface area contributed by atoms with Crippen LogP contribution in [0.1, 0.15) is 46.8 Å². The van der Waals surface area contributed by atoms with Crippen molar-refractivity contribution in [1.29, 1.82) is 0 Å². The van der Waals surface area contributed by atoms with Crippen LogP contribution in [0, 0.1) is 5.92 Å². The molecule has 0 amide bonds. The molecule has 13 heteroatoms. The molecule has 2 aliphatic heterocycles. The summed E-state index contributed by atoms with van der Waals surface area (Å²) in [5.41, 5.74) is 3.88. The number of nitrogens with one attached hydrogen (secondary N) is 1. The van der Waals surface area contributed by atoms with Gasteiger partial charge in [-0.05, 0) is 33.6 Å². The molecule has 2 fully saturated rings. The number of H-pyrrole nitrogens is 1. The summed E-state index contributed by atoms with van der Waals surface area (Å²) >= 11 is 0. The highest BCUT2D eigenvalue weighted by molar-refractivity contribution is 7.48. The average molecular weight is 475 g/mol. The number of carbonyl (C=O) groups excluding carboxylic acids is 1. The first-order valence-electron chi connectivity index (χ1n) is 10.5. The number of rotatable bonds is 8. The molecule has 2 saturated heterocycles. The van der Waals surface area contributed by atoms with Crippen LogP contribution >= 0.6 is 7.82 Å². The van der Waals surface area contributed by atoms with Crippen molar-refractivity contribution in [3.05, 3.63) is 33.1 Å². The summed E-state index contributed by atoms with van der Waals surface area (Å²) in [6, 6.07) is 1.17. The zero-order chi connectivity index (χ0) is 23.7. The third kappa shape index (κ3) is 5.22. The van der Waals surface area contributed by atoms with Crippen LogP contribution in [0.3, 0.4) is 0 Å². The molecule has 0 aromatic carbocycles. The van der Waals surface area contributed by atoms with E-state index in [-0.39, 0.29) is 31.7 Å². The van der Waals surface area contributed by atoms with Gasteiger partial charge in [-0.15, -0.1) is 0 Å². The number of esters is 1. The van der Waals surface area contributed by atoms with E-state index in [2.05, 4.69) is 4.98 Å². The van der Waals surface area contributed by atoms with E-state index < -0.39 is 49.0 Å². The van der Waals surface area contributed by atoms with Crippen LogP contribution in [0.25, 0.3) is 0 Å². The number of fused-ring (bicyclic) bond motifs is 1. The van der Waals surface area contributed by atoms with Crippen LogP contribution in [0.2, 0.25) is 0 Å². The monoisotopic (exact) mass is 475 g/mol. The Bertz CT molecular complexity index is 989. The first kappa shape index (κ1) is 24.8. The Morgan fingerprint density at radius 2 is 2.16 bits per heavy atom. The van der Waals surface area contributed by atoms with Gasteiger partial charge in [0.1, 0.15) is 12.2 Å². The van der Waals surface area contributed by atoms with Crippen molar-refractivity contribution in [2.45, 2.75) is 70.6 Å². The molecule has 3 N–H and O–H groups in total. The lowest BCUT2D eigenvalue weighted by Gasteiger charge is -2.35. The summed E-state index contributed by atoms with van der Waals surface area (Å²) < 4.78 is 41.6. The second-order valence-electron chi connectivity index (χ2n) is 8.39. The molecule has 12 nitrogen and oxygen atoms in total. The van der Waals surface area contributed by atoms with Crippen LogP contribution in [0.5, 0.6) is 0 Å². The fourth-order valence-corrected chi connectivity index (χ4v) is 5.23. The lowest BCUT2D eigenvalue weighted by Crippen LogP contribution is -2.55. The molecule has 3 heterocycles. The number of nitrogens with two attached hydrogens (primary N) is 1. The average Bonchev–Trinajstić information content (AvgIpc) is 2.95. The van der Waals surface area contributed by atoms with Gasteiger partial charge in [-0.2, -0.15) is 0 Å². The third-order valence-electron chi connectivity index (χ3n) is 5.42. The number of hydrogen-bond donors (Lipinski definition) is 2. The quantitative estimate of drug-likeness (QED) is 0.411. The normalized spacial score (nSPS) is 33.1. The molecule has 0 bridgehead atoms. The lowest BCUT2D eigenvalue weighted by molar-refractivity contribution is -0.153. The molecule has 0 radical (unpaired) electrons. The molecule has 0 saturated carbocycles.